The van der Waals surface area contributed by atoms with Crippen molar-refractivity contribution < 1.29 is 8.95 Å². The van der Waals surface area contributed by atoms with Gasteiger partial charge >= 0.3 is 0 Å². The molecular formula is C17H17N3O2S. The molecule has 1 unspecified atom stereocenters. The van der Waals surface area contributed by atoms with Crippen molar-refractivity contribution in [2.24, 2.45) is 0 Å². The molecule has 0 saturated heterocycles. The minimum Gasteiger partial charge on any atom is -0.492 e. The molecule has 1 N–H and O–H groups in total. The molecular weight excluding hydrogens is 310 g/mol. The summed E-state index contributed by atoms with van der Waals surface area (Å²) in [7, 11) is -1.27. The third-order valence-corrected chi connectivity index (χ3v) is 5.34. The van der Waals surface area contributed by atoms with E-state index in [0.717, 1.165) is 27.9 Å². The second kappa shape index (κ2) is 5.16. The number of para-hydroxylation sites is 2. The number of rotatable bonds is 3. The van der Waals surface area contributed by atoms with E-state index in [4.69, 9.17) is 4.74 Å². The molecule has 2 aromatic heterocycles. The highest BCUT2D eigenvalue weighted by atomic mass is 32.2. The average Bonchev–Trinajstić information content (AvgIpc) is 3.09. The Bertz CT molecular complexity index is 884. The Kier molecular flexibility index (Phi) is 3.23. The van der Waals surface area contributed by atoms with Crippen LogP contribution >= 0.6 is 0 Å². The third-order valence-electron chi connectivity index (χ3n) is 4.15. The van der Waals surface area contributed by atoms with Gasteiger partial charge in [0.05, 0.1) is 34.2 Å². The number of imidazole rings is 1. The van der Waals surface area contributed by atoms with E-state index >= 15 is 0 Å². The van der Waals surface area contributed by atoms with Crippen LogP contribution in [0.3, 0.4) is 0 Å². The van der Waals surface area contributed by atoms with Crippen LogP contribution in [0.1, 0.15) is 25.0 Å². The van der Waals surface area contributed by atoms with Crippen molar-refractivity contribution in [2.75, 3.05) is 6.61 Å². The van der Waals surface area contributed by atoms with Gasteiger partial charge in [0, 0.05) is 28.9 Å². The summed E-state index contributed by atoms with van der Waals surface area (Å²) in [5.74, 6) is 1.17. The molecule has 3 aromatic rings. The zero-order valence-electron chi connectivity index (χ0n) is 13.0. The van der Waals surface area contributed by atoms with Crippen molar-refractivity contribution in [1.29, 1.82) is 0 Å². The maximum Gasteiger partial charge on any atom is 0.197 e. The fraction of sp³-hybridized carbons (Fsp3) is 0.294. The van der Waals surface area contributed by atoms with Crippen LogP contribution < -0.4 is 4.74 Å². The topological polar surface area (TPSA) is 67.9 Å². The van der Waals surface area contributed by atoms with Crippen LogP contribution in [0, 0.1) is 0 Å². The minimum absolute atomic E-state index is 0.0564. The monoisotopic (exact) mass is 327 g/mol. The molecule has 0 amide bonds. The fourth-order valence-corrected chi connectivity index (χ4v) is 3.87. The molecule has 1 aliphatic rings. The van der Waals surface area contributed by atoms with E-state index in [-0.39, 0.29) is 5.41 Å². The molecule has 118 valence electrons. The van der Waals surface area contributed by atoms with E-state index in [1.165, 1.54) is 0 Å². The number of hydrogen-bond donors (Lipinski definition) is 1. The van der Waals surface area contributed by atoms with Gasteiger partial charge in [0.25, 0.3) is 0 Å². The summed E-state index contributed by atoms with van der Waals surface area (Å²) in [4.78, 5) is 11.8. The Hall–Kier alpha value is -2.21. The molecule has 0 aliphatic carbocycles. The van der Waals surface area contributed by atoms with Crippen LogP contribution in [0.2, 0.25) is 0 Å². The standard InChI is InChI=1S/C17H17N3O2S/c1-17(2)10-22-15-11(7-18-8-12(15)17)9-23(21)16-19-13-5-3-4-6-14(13)20-16/h3-8H,9-10H2,1-2H3,(H,19,20). The third kappa shape index (κ3) is 2.43. The lowest BCUT2D eigenvalue weighted by molar-refractivity contribution is 0.289. The number of aromatic amines is 1. The van der Waals surface area contributed by atoms with Crippen molar-refractivity contribution >= 4 is 21.8 Å². The Labute approximate surface area is 136 Å². The molecule has 1 aromatic carbocycles. The normalized spacial score (nSPS) is 17.0. The molecule has 6 heteroatoms. The first-order valence-corrected chi connectivity index (χ1v) is 8.80. The van der Waals surface area contributed by atoms with Gasteiger partial charge in [0.1, 0.15) is 5.75 Å². The first kappa shape index (κ1) is 14.4. The van der Waals surface area contributed by atoms with Crippen LogP contribution in [-0.4, -0.2) is 25.8 Å². The highest BCUT2D eigenvalue weighted by Crippen LogP contribution is 2.40. The molecule has 0 spiro atoms. The summed E-state index contributed by atoms with van der Waals surface area (Å²) >= 11 is 0. The highest BCUT2D eigenvalue weighted by Gasteiger charge is 2.34. The average molecular weight is 327 g/mol. The summed E-state index contributed by atoms with van der Waals surface area (Å²) in [6.45, 7) is 4.87. The number of nitrogens with one attached hydrogen (secondary N) is 1. The Balaban J connectivity index is 1.66. The van der Waals surface area contributed by atoms with Crippen molar-refractivity contribution in [3.63, 3.8) is 0 Å². The summed E-state index contributed by atoms with van der Waals surface area (Å²) in [5, 5.41) is 0.487. The van der Waals surface area contributed by atoms with E-state index in [2.05, 4.69) is 28.8 Å². The number of H-pyrrole nitrogens is 1. The number of aromatic nitrogens is 3. The second-order valence-electron chi connectivity index (χ2n) is 6.40. The van der Waals surface area contributed by atoms with Gasteiger partial charge in [-0.3, -0.25) is 9.19 Å². The van der Waals surface area contributed by atoms with Crippen molar-refractivity contribution in [2.45, 2.75) is 30.2 Å². The molecule has 0 saturated carbocycles. The SMILES string of the molecule is CC1(C)COc2c(CS(=O)c3nc4ccccc4[nH]3)cncc21. The van der Waals surface area contributed by atoms with Gasteiger partial charge in [0.15, 0.2) is 5.16 Å². The molecule has 5 nitrogen and oxygen atoms in total. The number of ether oxygens (including phenoxy) is 1. The van der Waals surface area contributed by atoms with Gasteiger partial charge < -0.3 is 9.72 Å². The highest BCUT2D eigenvalue weighted by molar-refractivity contribution is 7.84. The maximum atomic E-state index is 12.7. The van der Waals surface area contributed by atoms with Gasteiger partial charge in [-0.05, 0) is 12.1 Å². The van der Waals surface area contributed by atoms with E-state index in [0.29, 0.717) is 17.5 Å². The quantitative estimate of drug-likeness (QED) is 0.803. The molecule has 0 radical (unpaired) electrons. The van der Waals surface area contributed by atoms with Crippen LogP contribution in [0.25, 0.3) is 11.0 Å². The van der Waals surface area contributed by atoms with Gasteiger partial charge in [-0.25, -0.2) is 4.98 Å². The van der Waals surface area contributed by atoms with Crippen molar-refractivity contribution in [3.05, 3.63) is 47.8 Å². The predicted molar refractivity (Wildman–Crippen MR) is 89.0 cm³/mol. The molecule has 0 fully saturated rings. The van der Waals surface area contributed by atoms with Crippen LogP contribution in [-0.2, 0) is 22.0 Å². The second-order valence-corrected chi connectivity index (χ2v) is 7.76. The van der Waals surface area contributed by atoms with Crippen LogP contribution in [0.15, 0.2) is 41.8 Å². The minimum atomic E-state index is -1.27. The molecule has 4 rings (SSSR count). The van der Waals surface area contributed by atoms with Gasteiger partial charge in [-0.1, -0.05) is 26.0 Å². The number of fused-ring (bicyclic) bond motifs is 2. The number of pyridine rings is 1. The molecule has 3 heterocycles. The smallest absolute Gasteiger partial charge is 0.197 e. The predicted octanol–water partition coefficient (Wildman–Crippen LogP) is 2.94. The lowest BCUT2D eigenvalue weighted by atomic mass is 9.88. The van der Waals surface area contributed by atoms with Gasteiger partial charge in [0.2, 0.25) is 0 Å². The first-order valence-electron chi connectivity index (χ1n) is 7.48. The Morgan fingerprint density at radius 1 is 1.30 bits per heavy atom. The van der Waals surface area contributed by atoms with E-state index in [9.17, 15) is 4.21 Å². The van der Waals surface area contributed by atoms with E-state index in [1.54, 1.807) is 6.20 Å². The molecule has 0 bridgehead atoms. The van der Waals surface area contributed by atoms with Gasteiger partial charge in [-0.15, -0.1) is 0 Å². The lowest BCUT2D eigenvalue weighted by Gasteiger charge is -2.14. The molecule has 23 heavy (non-hydrogen) atoms. The summed E-state index contributed by atoms with van der Waals surface area (Å²) in [5.41, 5.74) is 3.61. The zero-order valence-corrected chi connectivity index (χ0v) is 13.8. The number of benzene rings is 1. The van der Waals surface area contributed by atoms with Gasteiger partial charge in [-0.2, -0.15) is 0 Å². The zero-order chi connectivity index (χ0) is 16.0. The molecule has 1 aliphatic heterocycles. The largest absolute Gasteiger partial charge is 0.492 e. The van der Waals surface area contributed by atoms with E-state index < -0.39 is 10.8 Å². The lowest BCUT2D eigenvalue weighted by Crippen LogP contribution is -2.18. The van der Waals surface area contributed by atoms with Crippen LogP contribution in [0.5, 0.6) is 5.75 Å². The fourth-order valence-electron chi connectivity index (χ4n) is 2.82. The summed E-state index contributed by atoms with van der Waals surface area (Å²) in [6.07, 6.45) is 3.58. The Morgan fingerprint density at radius 2 is 2.13 bits per heavy atom. The van der Waals surface area contributed by atoms with Crippen molar-refractivity contribution in [1.82, 2.24) is 15.0 Å². The van der Waals surface area contributed by atoms with E-state index in [1.807, 2.05) is 30.5 Å². The summed E-state index contributed by atoms with van der Waals surface area (Å²) in [6, 6.07) is 7.67. The number of nitrogens with zero attached hydrogens (tertiary/aromatic N) is 2. The summed E-state index contributed by atoms with van der Waals surface area (Å²) < 4.78 is 18.5. The number of hydrogen-bond acceptors (Lipinski definition) is 4. The first-order chi connectivity index (χ1) is 11.0. The maximum absolute atomic E-state index is 12.7. The van der Waals surface area contributed by atoms with Crippen molar-refractivity contribution in [3.8, 4) is 5.75 Å². The molecule has 1 atom stereocenters. The Morgan fingerprint density at radius 3 is 2.96 bits per heavy atom. The van der Waals surface area contributed by atoms with Crippen LogP contribution in [0.4, 0.5) is 0 Å².